The van der Waals surface area contributed by atoms with Crippen LogP contribution in [0.4, 0.5) is 0 Å². The van der Waals surface area contributed by atoms with Crippen LogP contribution >= 0.6 is 29.1 Å². The first kappa shape index (κ1) is 10.3. The Balaban J connectivity index is 3.38. The van der Waals surface area contributed by atoms with Crippen LogP contribution in [0.5, 0.6) is 0 Å². The summed E-state index contributed by atoms with van der Waals surface area (Å²) in [4.78, 5) is 0. The highest BCUT2D eigenvalue weighted by atomic mass is 35.9. The first-order valence-electron chi connectivity index (χ1n) is 3.60. The van der Waals surface area contributed by atoms with Gasteiger partial charge in [-0.1, -0.05) is 22.5 Å². The topological polar surface area (TPSA) is 8.81 Å². The molecule has 68 valence electrons. The normalized spacial score (nSPS) is 11.2. The summed E-state index contributed by atoms with van der Waals surface area (Å²) in [6.07, 6.45) is 0. The molecule has 0 aromatic carbocycles. The highest BCUT2D eigenvalue weighted by Gasteiger charge is 2.25. The lowest BCUT2D eigenvalue weighted by Gasteiger charge is -1.96. The summed E-state index contributed by atoms with van der Waals surface area (Å²) < 4.78 is 4.09. The average Bonchev–Trinajstić information content (AvgIpc) is 2.16. The summed E-state index contributed by atoms with van der Waals surface area (Å²) >= 11 is 11.8. The molecule has 0 N–H and O–H groups in total. The molecule has 1 aromatic rings. The SMILES string of the molecule is Cc1c(C)[n+](C)c(P(Cl)Cl)n1C. The van der Waals surface area contributed by atoms with Crippen LogP contribution in [0.2, 0.25) is 0 Å². The van der Waals surface area contributed by atoms with Crippen LogP contribution in [0.25, 0.3) is 0 Å². The maximum absolute atomic E-state index is 5.89. The van der Waals surface area contributed by atoms with Crippen molar-refractivity contribution in [1.29, 1.82) is 0 Å². The quantitative estimate of drug-likeness (QED) is 0.510. The molecule has 5 heteroatoms. The molecule has 0 aliphatic carbocycles. The molecule has 1 heterocycles. The molecule has 0 spiro atoms. The minimum Gasteiger partial charge on any atom is -0.228 e. The molecule has 0 amide bonds. The highest BCUT2D eigenvalue weighted by Crippen LogP contribution is 2.44. The molecule has 1 rings (SSSR count). The van der Waals surface area contributed by atoms with E-state index in [1.54, 1.807) is 0 Å². The Labute approximate surface area is 83.4 Å². The smallest absolute Gasteiger partial charge is 0.228 e. The fraction of sp³-hybridized carbons (Fsp3) is 0.571. The van der Waals surface area contributed by atoms with Crippen molar-refractivity contribution in [2.75, 3.05) is 0 Å². The molecule has 1 aromatic heterocycles. The summed E-state index contributed by atoms with van der Waals surface area (Å²) in [7, 11) is 3.97. The standard InChI is InChI=1S/C7H12Cl2N2P/c1-5-6(2)11(4)7(10(5)3)12(8)9/h1-4H3/q+1. The molecule has 12 heavy (non-hydrogen) atoms. The molecular weight excluding hydrogens is 214 g/mol. The van der Waals surface area contributed by atoms with E-state index in [9.17, 15) is 0 Å². The number of nitrogens with zero attached hydrogens (tertiary/aromatic N) is 2. The summed E-state index contributed by atoms with van der Waals surface area (Å²) in [5.41, 5.74) is 3.41. The van der Waals surface area contributed by atoms with Crippen molar-refractivity contribution in [2.24, 2.45) is 14.1 Å². The van der Waals surface area contributed by atoms with Crippen LogP contribution in [-0.4, -0.2) is 4.57 Å². The Hall–Kier alpha value is 0.220. The Kier molecular flexibility index (Phi) is 3.03. The van der Waals surface area contributed by atoms with Crippen LogP contribution < -0.4 is 10.1 Å². The minimum absolute atomic E-state index is 0.989. The molecule has 0 saturated heterocycles. The minimum atomic E-state index is -1.06. The van der Waals surface area contributed by atoms with E-state index in [-0.39, 0.29) is 0 Å². The van der Waals surface area contributed by atoms with E-state index in [4.69, 9.17) is 22.5 Å². The molecule has 0 bridgehead atoms. The molecule has 0 radical (unpaired) electrons. The first-order valence-corrected chi connectivity index (χ1v) is 6.75. The van der Waals surface area contributed by atoms with Crippen molar-refractivity contribution in [3.8, 4) is 0 Å². The van der Waals surface area contributed by atoms with E-state index in [2.05, 4.69) is 13.8 Å². The Morgan fingerprint density at radius 2 is 1.83 bits per heavy atom. The predicted molar refractivity (Wildman–Crippen MR) is 54.3 cm³/mol. The van der Waals surface area contributed by atoms with Crippen LogP contribution in [0, 0.1) is 13.8 Å². The van der Waals surface area contributed by atoms with Crippen molar-refractivity contribution < 1.29 is 4.57 Å². The molecule has 0 atom stereocenters. The van der Waals surface area contributed by atoms with E-state index < -0.39 is 6.63 Å². The van der Waals surface area contributed by atoms with Gasteiger partial charge in [-0.25, -0.2) is 9.13 Å². The van der Waals surface area contributed by atoms with E-state index in [1.165, 1.54) is 11.4 Å². The van der Waals surface area contributed by atoms with Gasteiger partial charge in [0.25, 0.3) is 0 Å². The van der Waals surface area contributed by atoms with Gasteiger partial charge in [0.2, 0.25) is 6.63 Å². The Morgan fingerprint density at radius 3 is 2.00 bits per heavy atom. The van der Waals surface area contributed by atoms with Crippen LogP contribution in [0.1, 0.15) is 11.4 Å². The van der Waals surface area contributed by atoms with Crippen molar-refractivity contribution >= 4 is 34.7 Å². The molecule has 0 saturated carbocycles. The lowest BCUT2D eigenvalue weighted by Crippen LogP contribution is -2.45. The number of rotatable bonds is 1. The van der Waals surface area contributed by atoms with E-state index in [0.717, 1.165) is 5.57 Å². The largest absolute Gasteiger partial charge is 0.308 e. The van der Waals surface area contributed by atoms with Crippen LogP contribution in [0.3, 0.4) is 0 Å². The first-order chi connectivity index (χ1) is 5.46. The third kappa shape index (κ3) is 1.48. The fourth-order valence-electron chi connectivity index (χ4n) is 1.24. The summed E-state index contributed by atoms with van der Waals surface area (Å²) in [5, 5.41) is 0. The maximum atomic E-state index is 5.89. The van der Waals surface area contributed by atoms with Crippen LogP contribution in [0.15, 0.2) is 0 Å². The van der Waals surface area contributed by atoms with Gasteiger partial charge in [0.15, 0.2) is 0 Å². The summed E-state index contributed by atoms with van der Waals surface area (Å²) in [6, 6.07) is 0. The second-order valence-electron chi connectivity index (χ2n) is 2.82. The Morgan fingerprint density at radius 1 is 1.33 bits per heavy atom. The molecular formula is C7H12Cl2N2P+. The monoisotopic (exact) mass is 225 g/mol. The predicted octanol–water partition coefficient (Wildman–Crippen LogP) is 1.88. The van der Waals surface area contributed by atoms with E-state index in [1.807, 2.05) is 23.2 Å². The fourth-order valence-corrected chi connectivity index (χ4v) is 3.35. The number of imidazole rings is 1. The molecule has 0 aliphatic rings. The zero-order chi connectivity index (χ0) is 9.46. The third-order valence-electron chi connectivity index (χ3n) is 2.28. The second kappa shape index (κ2) is 3.53. The maximum Gasteiger partial charge on any atom is 0.308 e. The van der Waals surface area contributed by atoms with Gasteiger partial charge in [-0.2, -0.15) is 0 Å². The lowest BCUT2D eigenvalue weighted by molar-refractivity contribution is -0.658. The number of hydrogen-bond acceptors (Lipinski definition) is 0. The zero-order valence-corrected chi connectivity index (χ0v) is 10.0. The molecule has 2 nitrogen and oxygen atoms in total. The van der Waals surface area contributed by atoms with E-state index in [0.29, 0.717) is 0 Å². The van der Waals surface area contributed by atoms with Crippen molar-refractivity contribution in [3.63, 3.8) is 0 Å². The number of aromatic nitrogens is 2. The van der Waals surface area contributed by atoms with Crippen molar-refractivity contribution in [3.05, 3.63) is 11.4 Å². The van der Waals surface area contributed by atoms with Gasteiger partial charge in [0.05, 0.1) is 14.1 Å². The van der Waals surface area contributed by atoms with Gasteiger partial charge < -0.3 is 0 Å². The van der Waals surface area contributed by atoms with Gasteiger partial charge in [-0.05, 0) is 0 Å². The third-order valence-corrected chi connectivity index (χ3v) is 4.09. The average molecular weight is 226 g/mol. The Bertz CT molecular complexity index is 281. The molecule has 0 unspecified atom stereocenters. The van der Waals surface area contributed by atoms with E-state index >= 15 is 0 Å². The molecule has 0 aliphatic heterocycles. The lowest BCUT2D eigenvalue weighted by atomic mass is 10.4. The van der Waals surface area contributed by atoms with Gasteiger partial charge in [0, 0.05) is 13.8 Å². The van der Waals surface area contributed by atoms with Gasteiger partial charge in [-0.3, -0.25) is 0 Å². The van der Waals surface area contributed by atoms with Crippen molar-refractivity contribution in [1.82, 2.24) is 4.57 Å². The van der Waals surface area contributed by atoms with Crippen molar-refractivity contribution in [2.45, 2.75) is 13.8 Å². The van der Waals surface area contributed by atoms with Gasteiger partial charge in [0.1, 0.15) is 11.4 Å². The van der Waals surface area contributed by atoms with Crippen LogP contribution in [-0.2, 0) is 14.1 Å². The zero-order valence-electron chi connectivity index (χ0n) is 7.60. The summed E-state index contributed by atoms with van der Waals surface area (Å²) in [6.45, 7) is 3.06. The molecule has 0 fully saturated rings. The number of hydrogen-bond donors (Lipinski definition) is 0. The summed E-state index contributed by atoms with van der Waals surface area (Å²) in [5.74, 6) is 0. The highest BCUT2D eigenvalue weighted by molar-refractivity contribution is 8.08. The number of halogens is 2. The van der Waals surface area contributed by atoms with Gasteiger partial charge >= 0.3 is 5.57 Å². The van der Waals surface area contributed by atoms with Gasteiger partial charge in [-0.15, -0.1) is 0 Å². The second-order valence-corrected chi connectivity index (χ2v) is 6.24.